The Balaban J connectivity index is 1.58. The molecule has 3 rings (SSSR count). The largest absolute Gasteiger partial charge is 0.309 e. The third-order valence-electron chi connectivity index (χ3n) is 3.21. The van der Waals surface area contributed by atoms with E-state index in [4.69, 9.17) is 0 Å². The van der Waals surface area contributed by atoms with Crippen molar-refractivity contribution >= 4 is 34.1 Å². The molecule has 2 heterocycles. The van der Waals surface area contributed by atoms with E-state index in [0.29, 0.717) is 5.13 Å². The molecule has 0 saturated heterocycles. The zero-order valence-electron chi connectivity index (χ0n) is 12.7. The Kier molecular flexibility index (Phi) is 4.73. The SMILES string of the molecule is Cc1nnc(SCC(=O)Nc2nc(-c3ccccc3)cs2)n1C. The van der Waals surface area contributed by atoms with Crippen LogP contribution in [0.1, 0.15) is 5.82 Å². The van der Waals surface area contributed by atoms with E-state index >= 15 is 0 Å². The lowest BCUT2D eigenvalue weighted by atomic mass is 10.2. The molecule has 0 unspecified atom stereocenters. The van der Waals surface area contributed by atoms with Crippen molar-refractivity contribution in [3.8, 4) is 11.3 Å². The van der Waals surface area contributed by atoms with Gasteiger partial charge in [-0.1, -0.05) is 42.1 Å². The number of thiazole rings is 1. The third kappa shape index (κ3) is 3.77. The van der Waals surface area contributed by atoms with Gasteiger partial charge in [0.2, 0.25) is 5.91 Å². The second-order valence-corrected chi connectivity index (χ2v) is 6.63. The van der Waals surface area contributed by atoms with Crippen molar-refractivity contribution in [2.24, 2.45) is 7.05 Å². The second-order valence-electron chi connectivity index (χ2n) is 4.83. The predicted molar refractivity (Wildman–Crippen MR) is 92.6 cm³/mol. The standard InChI is InChI=1S/C15H15N5OS2/c1-10-18-19-15(20(10)2)23-9-13(21)17-14-16-12(8-22-14)11-6-4-3-5-7-11/h3-8H,9H2,1-2H3,(H,16,17,21). The summed E-state index contributed by atoms with van der Waals surface area (Å²) in [5.41, 5.74) is 1.90. The number of hydrogen-bond donors (Lipinski definition) is 1. The highest BCUT2D eigenvalue weighted by atomic mass is 32.2. The van der Waals surface area contributed by atoms with Crippen LogP contribution in [0.2, 0.25) is 0 Å². The Morgan fingerprint density at radius 2 is 2.09 bits per heavy atom. The Hall–Kier alpha value is -2.19. The summed E-state index contributed by atoms with van der Waals surface area (Å²) in [4.78, 5) is 16.5. The van der Waals surface area contributed by atoms with Gasteiger partial charge in [0.1, 0.15) is 5.82 Å². The number of nitrogens with zero attached hydrogens (tertiary/aromatic N) is 4. The fourth-order valence-electron chi connectivity index (χ4n) is 1.87. The Labute approximate surface area is 142 Å². The fourth-order valence-corrected chi connectivity index (χ4v) is 3.36. The number of benzene rings is 1. The van der Waals surface area contributed by atoms with E-state index < -0.39 is 0 Å². The molecule has 3 aromatic rings. The molecule has 0 saturated carbocycles. The maximum Gasteiger partial charge on any atom is 0.236 e. The topological polar surface area (TPSA) is 72.7 Å². The van der Waals surface area contributed by atoms with Gasteiger partial charge in [0.15, 0.2) is 10.3 Å². The number of hydrogen-bond acceptors (Lipinski definition) is 6. The van der Waals surface area contributed by atoms with Crippen LogP contribution in [0.15, 0.2) is 40.9 Å². The van der Waals surface area contributed by atoms with Gasteiger partial charge in [0, 0.05) is 18.0 Å². The molecule has 1 N–H and O–H groups in total. The van der Waals surface area contributed by atoms with E-state index in [9.17, 15) is 4.79 Å². The zero-order valence-corrected chi connectivity index (χ0v) is 14.3. The highest BCUT2D eigenvalue weighted by molar-refractivity contribution is 7.99. The Morgan fingerprint density at radius 3 is 2.78 bits per heavy atom. The van der Waals surface area contributed by atoms with E-state index in [-0.39, 0.29) is 11.7 Å². The summed E-state index contributed by atoms with van der Waals surface area (Å²) in [5, 5.41) is 14.1. The maximum atomic E-state index is 12.0. The number of thioether (sulfide) groups is 1. The molecule has 6 nitrogen and oxygen atoms in total. The van der Waals surface area contributed by atoms with E-state index in [2.05, 4.69) is 20.5 Å². The quantitative estimate of drug-likeness (QED) is 0.720. The number of aromatic nitrogens is 4. The van der Waals surface area contributed by atoms with Crippen LogP contribution in [0.3, 0.4) is 0 Å². The number of carbonyl (C=O) groups excluding carboxylic acids is 1. The molecule has 8 heteroatoms. The van der Waals surface area contributed by atoms with Gasteiger partial charge in [-0.3, -0.25) is 4.79 Å². The first-order valence-corrected chi connectivity index (χ1v) is 8.79. The molecular formula is C15H15N5OS2. The van der Waals surface area contributed by atoms with Crippen LogP contribution >= 0.6 is 23.1 Å². The monoisotopic (exact) mass is 345 g/mol. The van der Waals surface area contributed by atoms with Gasteiger partial charge in [-0.2, -0.15) is 0 Å². The lowest BCUT2D eigenvalue weighted by Gasteiger charge is -2.02. The van der Waals surface area contributed by atoms with Crippen molar-refractivity contribution in [2.45, 2.75) is 12.1 Å². The summed E-state index contributed by atoms with van der Waals surface area (Å²) in [6.07, 6.45) is 0. The number of aryl methyl sites for hydroxylation is 1. The minimum atomic E-state index is -0.107. The number of rotatable bonds is 5. The molecule has 0 bridgehead atoms. The lowest BCUT2D eigenvalue weighted by Crippen LogP contribution is -2.14. The minimum absolute atomic E-state index is 0.107. The average Bonchev–Trinajstić information content (AvgIpc) is 3.15. The summed E-state index contributed by atoms with van der Waals surface area (Å²) < 4.78 is 1.86. The summed E-state index contributed by atoms with van der Waals surface area (Å²) in [5.74, 6) is 0.983. The molecule has 1 amide bonds. The van der Waals surface area contributed by atoms with E-state index in [1.807, 2.05) is 54.3 Å². The molecule has 2 aromatic heterocycles. The number of carbonyl (C=O) groups is 1. The van der Waals surface area contributed by atoms with Gasteiger partial charge in [-0.15, -0.1) is 21.5 Å². The first kappa shape index (κ1) is 15.7. The van der Waals surface area contributed by atoms with Crippen molar-refractivity contribution in [2.75, 3.05) is 11.1 Å². The number of nitrogens with one attached hydrogen (secondary N) is 1. The van der Waals surface area contributed by atoms with Crippen molar-refractivity contribution in [1.29, 1.82) is 0 Å². The molecule has 0 fully saturated rings. The summed E-state index contributed by atoms with van der Waals surface area (Å²) in [6.45, 7) is 1.87. The molecule has 0 spiro atoms. The molecule has 23 heavy (non-hydrogen) atoms. The average molecular weight is 345 g/mol. The van der Waals surface area contributed by atoms with E-state index in [0.717, 1.165) is 22.2 Å². The molecule has 0 atom stereocenters. The normalized spacial score (nSPS) is 10.7. The van der Waals surface area contributed by atoms with Gasteiger partial charge >= 0.3 is 0 Å². The van der Waals surface area contributed by atoms with Crippen LogP contribution in [0, 0.1) is 6.92 Å². The summed E-state index contributed by atoms with van der Waals surface area (Å²) >= 11 is 2.77. The van der Waals surface area contributed by atoms with Gasteiger partial charge in [0.05, 0.1) is 11.4 Å². The van der Waals surface area contributed by atoms with Crippen LogP contribution in [-0.4, -0.2) is 31.4 Å². The van der Waals surface area contributed by atoms with Crippen molar-refractivity contribution in [3.05, 3.63) is 41.5 Å². The van der Waals surface area contributed by atoms with Crippen LogP contribution in [0.5, 0.6) is 0 Å². The molecule has 0 aliphatic heterocycles. The lowest BCUT2D eigenvalue weighted by molar-refractivity contribution is -0.113. The fraction of sp³-hybridized carbons (Fsp3) is 0.200. The Morgan fingerprint density at radius 1 is 1.30 bits per heavy atom. The molecule has 0 radical (unpaired) electrons. The molecular weight excluding hydrogens is 330 g/mol. The van der Waals surface area contributed by atoms with Crippen molar-refractivity contribution in [3.63, 3.8) is 0 Å². The zero-order chi connectivity index (χ0) is 16.2. The second kappa shape index (κ2) is 6.93. The molecule has 1 aromatic carbocycles. The van der Waals surface area contributed by atoms with Gasteiger partial charge < -0.3 is 9.88 Å². The van der Waals surface area contributed by atoms with Crippen LogP contribution in [0.25, 0.3) is 11.3 Å². The van der Waals surface area contributed by atoms with Crippen molar-refractivity contribution in [1.82, 2.24) is 19.7 Å². The molecule has 118 valence electrons. The summed E-state index contributed by atoms with van der Waals surface area (Å²) in [6, 6.07) is 9.88. The first-order chi connectivity index (χ1) is 11.1. The third-order valence-corrected chi connectivity index (χ3v) is 4.98. The molecule has 0 aliphatic carbocycles. The first-order valence-electron chi connectivity index (χ1n) is 6.93. The predicted octanol–water partition coefficient (Wildman–Crippen LogP) is 2.98. The van der Waals surface area contributed by atoms with Crippen molar-refractivity contribution < 1.29 is 4.79 Å². The smallest absolute Gasteiger partial charge is 0.236 e. The van der Waals surface area contributed by atoms with E-state index in [1.54, 1.807) is 0 Å². The number of anilines is 1. The van der Waals surface area contributed by atoms with Crippen LogP contribution in [-0.2, 0) is 11.8 Å². The minimum Gasteiger partial charge on any atom is -0.309 e. The molecule has 0 aliphatic rings. The van der Waals surface area contributed by atoms with Gasteiger partial charge in [0.25, 0.3) is 0 Å². The Bertz CT molecular complexity index is 812. The van der Waals surface area contributed by atoms with E-state index in [1.165, 1.54) is 23.1 Å². The number of amides is 1. The van der Waals surface area contributed by atoms with Crippen LogP contribution in [0.4, 0.5) is 5.13 Å². The highest BCUT2D eigenvalue weighted by Gasteiger charge is 2.11. The maximum absolute atomic E-state index is 12.0. The van der Waals surface area contributed by atoms with Gasteiger partial charge in [-0.25, -0.2) is 4.98 Å². The summed E-state index contributed by atoms with van der Waals surface area (Å²) in [7, 11) is 1.88. The highest BCUT2D eigenvalue weighted by Crippen LogP contribution is 2.25. The van der Waals surface area contributed by atoms with Gasteiger partial charge in [-0.05, 0) is 6.92 Å². The van der Waals surface area contributed by atoms with Crippen LogP contribution < -0.4 is 5.32 Å².